The monoisotopic (exact) mass is 176 g/mol. The maximum atomic E-state index is 5.76. The van der Waals surface area contributed by atoms with Crippen LogP contribution in [0.2, 0.25) is 0 Å². The molecule has 1 saturated carbocycles. The Kier molecular flexibility index (Phi) is 1.91. The standard InChI is InChI=1S/C11H16N2/c1-8-7-10(5-6-11(8)12)13(2)9-3-4-9/h5-7,9H,3-4,12H2,1-2H3. The Morgan fingerprint density at radius 2 is 2.08 bits per heavy atom. The predicted octanol–water partition coefficient (Wildman–Crippen LogP) is 2.18. The number of rotatable bonds is 2. The van der Waals surface area contributed by atoms with Crippen LogP contribution in [0.1, 0.15) is 18.4 Å². The summed E-state index contributed by atoms with van der Waals surface area (Å²) in [6, 6.07) is 7.01. The topological polar surface area (TPSA) is 29.3 Å². The van der Waals surface area contributed by atoms with Gasteiger partial charge in [-0.05, 0) is 43.5 Å². The van der Waals surface area contributed by atoms with Crippen molar-refractivity contribution in [2.24, 2.45) is 0 Å². The van der Waals surface area contributed by atoms with Crippen LogP contribution in [0.25, 0.3) is 0 Å². The molecule has 2 heteroatoms. The predicted molar refractivity (Wildman–Crippen MR) is 57.0 cm³/mol. The summed E-state index contributed by atoms with van der Waals surface area (Å²) in [5.74, 6) is 0. The van der Waals surface area contributed by atoms with Gasteiger partial charge in [0.25, 0.3) is 0 Å². The van der Waals surface area contributed by atoms with Crippen molar-refractivity contribution in [3.05, 3.63) is 23.8 Å². The second-order valence-corrected chi connectivity index (χ2v) is 3.88. The van der Waals surface area contributed by atoms with Gasteiger partial charge in [0.1, 0.15) is 0 Å². The van der Waals surface area contributed by atoms with Crippen LogP contribution in [0.5, 0.6) is 0 Å². The van der Waals surface area contributed by atoms with E-state index in [-0.39, 0.29) is 0 Å². The summed E-state index contributed by atoms with van der Waals surface area (Å²) in [5.41, 5.74) is 9.10. The van der Waals surface area contributed by atoms with Crippen LogP contribution in [0.15, 0.2) is 18.2 Å². The second-order valence-electron chi connectivity index (χ2n) is 3.88. The smallest absolute Gasteiger partial charge is 0.0370 e. The lowest BCUT2D eigenvalue weighted by Gasteiger charge is -2.19. The second kappa shape index (κ2) is 2.95. The van der Waals surface area contributed by atoms with Crippen LogP contribution >= 0.6 is 0 Å². The number of nitrogens with zero attached hydrogens (tertiary/aromatic N) is 1. The Labute approximate surface area is 79.4 Å². The number of benzene rings is 1. The van der Waals surface area contributed by atoms with Crippen LogP contribution in [0, 0.1) is 6.92 Å². The molecule has 0 bridgehead atoms. The van der Waals surface area contributed by atoms with Gasteiger partial charge in [-0.25, -0.2) is 0 Å². The number of nitrogens with two attached hydrogens (primary N) is 1. The lowest BCUT2D eigenvalue weighted by molar-refractivity contribution is 0.916. The van der Waals surface area contributed by atoms with Crippen LogP contribution in [-0.2, 0) is 0 Å². The van der Waals surface area contributed by atoms with Crippen molar-refractivity contribution in [2.45, 2.75) is 25.8 Å². The molecule has 1 aromatic carbocycles. The van der Waals surface area contributed by atoms with Gasteiger partial charge in [0, 0.05) is 24.5 Å². The third kappa shape index (κ3) is 1.62. The lowest BCUT2D eigenvalue weighted by atomic mass is 10.1. The summed E-state index contributed by atoms with van der Waals surface area (Å²) in [6.45, 7) is 2.06. The molecule has 1 aliphatic rings. The maximum Gasteiger partial charge on any atom is 0.0370 e. The third-order valence-electron chi connectivity index (χ3n) is 2.76. The van der Waals surface area contributed by atoms with E-state index in [4.69, 9.17) is 5.73 Å². The van der Waals surface area contributed by atoms with Gasteiger partial charge in [0.05, 0.1) is 0 Å². The molecule has 0 aliphatic heterocycles. The lowest BCUT2D eigenvalue weighted by Crippen LogP contribution is -2.19. The average molecular weight is 176 g/mol. The van der Waals surface area contributed by atoms with E-state index in [1.807, 2.05) is 6.07 Å². The number of nitrogen functional groups attached to an aromatic ring is 1. The van der Waals surface area contributed by atoms with Crippen LogP contribution in [-0.4, -0.2) is 13.1 Å². The first kappa shape index (κ1) is 8.42. The highest BCUT2D eigenvalue weighted by Crippen LogP contribution is 2.31. The van der Waals surface area contributed by atoms with Gasteiger partial charge < -0.3 is 10.6 Å². The molecule has 0 spiro atoms. The molecule has 0 atom stereocenters. The zero-order valence-electron chi connectivity index (χ0n) is 8.25. The van der Waals surface area contributed by atoms with E-state index < -0.39 is 0 Å². The summed E-state index contributed by atoms with van der Waals surface area (Å²) in [4.78, 5) is 2.34. The fourth-order valence-electron chi connectivity index (χ4n) is 1.55. The third-order valence-corrected chi connectivity index (χ3v) is 2.76. The van der Waals surface area contributed by atoms with Crippen molar-refractivity contribution in [1.82, 2.24) is 0 Å². The van der Waals surface area contributed by atoms with Crippen molar-refractivity contribution < 1.29 is 0 Å². The molecule has 0 radical (unpaired) electrons. The van der Waals surface area contributed by atoms with Gasteiger partial charge in [-0.15, -0.1) is 0 Å². The van der Waals surface area contributed by atoms with E-state index in [2.05, 4.69) is 31.0 Å². The van der Waals surface area contributed by atoms with Crippen molar-refractivity contribution in [3.63, 3.8) is 0 Å². The van der Waals surface area contributed by atoms with Crippen molar-refractivity contribution in [1.29, 1.82) is 0 Å². The van der Waals surface area contributed by atoms with Gasteiger partial charge in [-0.2, -0.15) is 0 Å². The highest BCUT2D eigenvalue weighted by atomic mass is 15.2. The number of hydrogen-bond donors (Lipinski definition) is 1. The molecule has 1 aliphatic carbocycles. The van der Waals surface area contributed by atoms with Crippen LogP contribution in [0.3, 0.4) is 0 Å². The Bertz CT molecular complexity index is 316. The molecule has 0 heterocycles. The van der Waals surface area contributed by atoms with Crippen molar-refractivity contribution >= 4 is 11.4 Å². The molecule has 2 rings (SSSR count). The molecular weight excluding hydrogens is 160 g/mol. The zero-order valence-corrected chi connectivity index (χ0v) is 8.25. The molecule has 0 unspecified atom stereocenters. The minimum Gasteiger partial charge on any atom is -0.399 e. The molecule has 1 fully saturated rings. The Hall–Kier alpha value is -1.18. The van der Waals surface area contributed by atoms with Gasteiger partial charge in [-0.3, -0.25) is 0 Å². The van der Waals surface area contributed by atoms with E-state index in [1.54, 1.807) is 0 Å². The quantitative estimate of drug-likeness (QED) is 0.700. The summed E-state index contributed by atoms with van der Waals surface area (Å²) in [7, 11) is 2.16. The van der Waals surface area contributed by atoms with Crippen molar-refractivity contribution in [3.8, 4) is 0 Å². The largest absolute Gasteiger partial charge is 0.399 e. The molecule has 0 saturated heterocycles. The summed E-state index contributed by atoms with van der Waals surface area (Å²) in [5, 5.41) is 0. The first-order chi connectivity index (χ1) is 6.18. The first-order valence-electron chi connectivity index (χ1n) is 4.77. The Balaban J connectivity index is 2.24. The van der Waals surface area contributed by atoms with Gasteiger partial charge in [0.15, 0.2) is 0 Å². The summed E-state index contributed by atoms with van der Waals surface area (Å²) in [6.07, 6.45) is 2.67. The van der Waals surface area contributed by atoms with E-state index in [0.717, 1.165) is 11.7 Å². The maximum absolute atomic E-state index is 5.76. The van der Waals surface area contributed by atoms with Crippen LogP contribution in [0.4, 0.5) is 11.4 Å². The molecule has 1 aromatic rings. The Morgan fingerprint density at radius 1 is 1.38 bits per heavy atom. The van der Waals surface area contributed by atoms with Crippen molar-refractivity contribution in [2.75, 3.05) is 17.7 Å². The molecule has 13 heavy (non-hydrogen) atoms. The zero-order chi connectivity index (χ0) is 9.42. The molecule has 0 amide bonds. The SMILES string of the molecule is Cc1cc(N(C)C2CC2)ccc1N. The molecule has 2 N–H and O–H groups in total. The Morgan fingerprint density at radius 3 is 2.62 bits per heavy atom. The minimum atomic E-state index is 0.767. The van der Waals surface area contributed by atoms with Crippen LogP contribution < -0.4 is 10.6 Å². The number of anilines is 2. The highest BCUT2D eigenvalue weighted by Gasteiger charge is 2.26. The molecule has 2 nitrogen and oxygen atoms in total. The summed E-state index contributed by atoms with van der Waals surface area (Å²) >= 11 is 0. The minimum absolute atomic E-state index is 0.767. The highest BCUT2D eigenvalue weighted by molar-refractivity contribution is 5.58. The van der Waals surface area contributed by atoms with Gasteiger partial charge in [-0.1, -0.05) is 0 Å². The first-order valence-corrected chi connectivity index (χ1v) is 4.77. The fraction of sp³-hybridized carbons (Fsp3) is 0.455. The summed E-state index contributed by atoms with van der Waals surface area (Å²) < 4.78 is 0. The molecule has 0 aromatic heterocycles. The fourth-order valence-corrected chi connectivity index (χ4v) is 1.55. The van der Waals surface area contributed by atoms with E-state index in [1.165, 1.54) is 24.1 Å². The van der Waals surface area contributed by atoms with E-state index in [9.17, 15) is 0 Å². The number of aryl methyl sites for hydroxylation is 1. The number of hydrogen-bond acceptors (Lipinski definition) is 2. The molecular formula is C11H16N2. The van der Waals surface area contributed by atoms with E-state index >= 15 is 0 Å². The average Bonchev–Trinajstić information content (AvgIpc) is 2.91. The molecule has 70 valence electrons. The van der Waals surface area contributed by atoms with Gasteiger partial charge >= 0.3 is 0 Å². The van der Waals surface area contributed by atoms with Gasteiger partial charge in [0.2, 0.25) is 0 Å². The van der Waals surface area contributed by atoms with E-state index in [0.29, 0.717) is 0 Å². The normalized spacial score (nSPS) is 15.8.